The smallest absolute Gasteiger partial charge is 0.0381 e. The fourth-order valence-corrected chi connectivity index (χ4v) is 3.75. The van der Waals surface area contributed by atoms with Crippen LogP contribution in [-0.2, 0) is 0 Å². The van der Waals surface area contributed by atoms with E-state index in [1.54, 1.807) is 0 Å². The van der Waals surface area contributed by atoms with Crippen molar-refractivity contribution < 1.29 is 0 Å². The second-order valence-corrected chi connectivity index (χ2v) is 8.15. The predicted octanol–water partition coefficient (Wildman–Crippen LogP) is 7.76. The third-order valence-electron chi connectivity index (χ3n) is 5.77. The van der Waals surface area contributed by atoms with Crippen molar-refractivity contribution in [2.24, 2.45) is 0 Å². The van der Waals surface area contributed by atoms with Crippen molar-refractivity contribution in [3.63, 3.8) is 0 Å². The van der Waals surface area contributed by atoms with Crippen LogP contribution in [0.4, 0.5) is 5.69 Å². The van der Waals surface area contributed by atoms with Crippen LogP contribution in [0.1, 0.15) is 40.7 Å². The summed E-state index contributed by atoms with van der Waals surface area (Å²) in [6.07, 6.45) is 8.89. The Balaban J connectivity index is 1.66. The molecule has 0 aliphatic heterocycles. The predicted molar refractivity (Wildman–Crippen MR) is 130 cm³/mol. The van der Waals surface area contributed by atoms with Crippen LogP contribution in [0.5, 0.6) is 0 Å². The molecule has 0 atom stereocenters. The highest BCUT2D eigenvalue weighted by Crippen LogP contribution is 2.30. The molecule has 1 aliphatic carbocycles. The molecule has 1 aliphatic rings. The zero-order chi connectivity index (χ0) is 20.9. The maximum absolute atomic E-state index is 3.53. The van der Waals surface area contributed by atoms with Gasteiger partial charge >= 0.3 is 0 Å². The van der Waals surface area contributed by atoms with E-state index in [0.29, 0.717) is 0 Å². The summed E-state index contributed by atoms with van der Waals surface area (Å²) in [6, 6.07) is 26.0. The van der Waals surface area contributed by atoms with Gasteiger partial charge in [0, 0.05) is 11.4 Å². The van der Waals surface area contributed by atoms with Gasteiger partial charge in [0.25, 0.3) is 0 Å². The van der Waals surface area contributed by atoms with Crippen molar-refractivity contribution in [2.75, 3.05) is 5.32 Å². The van der Waals surface area contributed by atoms with Gasteiger partial charge in [-0.05, 0) is 85.2 Å². The molecule has 4 rings (SSSR count). The van der Waals surface area contributed by atoms with Crippen LogP contribution in [0, 0.1) is 20.8 Å². The van der Waals surface area contributed by atoms with E-state index in [-0.39, 0.29) is 0 Å². The van der Waals surface area contributed by atoms with E-state index >= 15 is 0 Å². The molecule has 0 unspecified atom stereocenters. The molecule has 0 saturated carbocycles. The number of hydrogen-bond donors (Lipinski definition) is 1. The number of aryl methyl sites for hydroxylation is 3. The van der Waals surface area contributed by atoms with Gasteiger partial charge in [-0.3, -0.25) is 0 Å². The lowest BCUT2D eigenvalue weighted by Gasteiger charge is -2.17. The van der Waals surface area contributed by atoms with Crippen LogP contribution in [0.15, 0.2) is 102 Å². The van der Waals surface area contributed by atoms with Gasteiger partial charge < -0.3 is 5.32 Å². The second-order valence-electron chi connectivity index (χ2n) is 8.15. The fourth-order valence-electron chi connectivity index (χ4n) is 3.75. The van der Waals surface area contributed by atoms with Gasteiger partial charge in [0.1, 0.15) is 0 Å². The minimum atomic E-state index is 1.02. The summed E-state index contributed by atoms with van der Waals surface area (Å²) in [5.41, 5.74) is 11.6. The lowest BCUT2D eigenvalue weighted by molar-refractivity contribution is 0.932. The first-order valence-electron chi connectivity index (χ1n) is 10.7. The zero-order valence-corrected chi connectivity index (χ0v) is 18.1. The average Bonchev–Trinajstić information content (AvgIpc) is 2.77. The Hall–Kier alpha value is -3.32. The van der Waals surface area contributed by atoms with E-state index in [9.17, 15) is 0 Å². The fraction of sp³-hybridized carbons (Fsp3) is 0.172. The van der Waals surface area contributed by atoms with Crippen molar-refractivity contribution in [1.29, 1.82) is 0 Å². The normalized spacial score (nSPS) is 14.2. The maximum atomic E-state index is 3.53. The molecule has 1 heteroatoms. The molecule has 0 radical (unpaired) electrons. The number of rotatable bonds is 5. The molecule has 0 fully saturated rings. The highest BCUT2D eigenvalue weighted by atomic mass is 14.9. The molecule has 0 spiro atoms. The van der Waals surface area contributed by atoms with Gasteiger partial charge in [0.05, 0.1) is 0 Å². The topological polar surface area (TPSA) is 12.0 Å². The molecular weight excluding hydrogens is 362 g/mol. The lowest BCUT2D eigenvalue weighted by atomic mass is 9.91. The van der Waals surface area contributed by atoms with E-state index in [1.165, 1.54) is 44.7 Å². The Kier molecular flexibility index (Phi) is 5.99. The highest BCUT2D eigenvalue weighted by molar-refractivity contribution is 5.82. The summed E-state index contributed by atoms with van der Waals surface area (Å²) < 4.78 is 0. The Morgan fingerprint density at radius 2 is 1.47 bits per heavy atom. The van der Waals surface area contributed by atoms with Gasteiger partial charge in [-0.15, -0.1) is 0 Å². The quantitative estimate of drug-likeness (QED) is 0.468. The monoisotopic (exact) mass is 391 g/mol. The Bertz CT molecular complexity index is 1110. The second kappa shape index (κ2) is 9.00. The molecule has 30 heavy (non-hydrogen) atoms. The minimum Gasteiger partial charge on any atom is -0.359 e. The Labute approximate surface area is 180 Å². The van der Waals surface area contributed by atoms with Gasteiger partial charge in [-0.25, -0.2) is 0 Å². The van der Waals surface area contributed by atoms with E-state index in [1.807, 2.05) is 6.07 Å². The molecule has 0 heterocycles. The largest absolute Gasteiger partial charge is 0.359 e. The molecule has 0 bridgehead atoms. The SMILES string of the molecule is Cc1ccc(C(=CC2=CC=C(Nc3ccccc3)CC2)c2ccc(C)c(C)c2)cc1. The van der Waals surface area contributed by atoms with Crippen LogP contribution >= 0.6 is 0 Å². The molecule has 3 aromatic carbocycles. The van der Waals surface area contributed by atoms with Crippen LogP contribution in [0.2, 0.25) is 0 Å². The van der Waals surface area contributed by atoms with Gasteiger partial charge in [-0.2, -0.15) is 0 Å². The third-order valence-corrected chi connectivity index (χ3v) is 5.77. The van der Waals surface area contributed by atoms with Crippen LogP contribution in [0.25, 0.3) is 5.57 Å². The Morgan fingerprint density at radius 3 is 2.13 bits per heavy atom. The zero-order valence-electron chi connectivity index (χ0n) is 18.1. The maximum Gasteiger partial charge on any atom is 0.0381 e. The summed E-state index contributed by atoms with van der Waals surface area (Å²) in [7, 11) is 0. The van der Waals surface area contributed by atoms with Gasteiger partial charge in [0.2, 0.25) is 0 Å². The Morgan fingerprint density at radius 1 is 0.733 bits per heavy atom. The first-order valence-corrected chi connectivity index (χ1v) is 10.7. The summed E-state index contributed by atoms with van der Waals surface area (Å²) in [4.78, 5) is 0. The number of anilines is 1. The van der Waals surface area contributed by atoms with Crippen molar-refractivity contribution in [3.8, 4) is 0 Å². The summed E-state index contributed by atoms with van der Waals surface area (Å²) in [5.74, 6) is 0. The van der Waals surface area contributed by atoms with Crippen LogP contribution in [-0.4, -0.2) is 0 Å². The van der Waals surface area contributed by atoms with E-state index in [2.05, 4.69) is 111 Å². The van der Waals surface area contributed by atoms with E-state index in [4.69, 9.17) is 0 Å². The number of allylic oxidation sites excluding steroid dienone is 5. The van der Waals surface area contributed by atoms with Gasteiger partial charge in [0.15, 0.2) is 0 Å². The average molecular weight is 392 g/mol. The molecule has 0 amide bonds. The third kappa shape index (κ3) is 4.80. The van der Waals surface area contributed by atoms with E-state index < -0.39 is 0 Å². The molecule has 3 aromatic rings. The summed E-state index contributed by atoms with van der Waals surface area (Å²) in [6.45, 7) is 6.50. The van der Waals surface area contributed by atoms with Crippen molar-refractivity contribution in [1.82, 2.24) is 0 Å². The van der Waals surface area contributed by atoms with Crippen molar-refractivity contribution >= 4 is 11.3 Å². The molecule has 0 aromatic heterocycles. The summed E-state index contributed by atoms with van der Waals surface area (Å²) in [5, 5.41) is 3.53. The molecule has 1 N–H and O–H groups in total. The van der Waals surface area contributed by atoms with Gasteiger partial charge in [-0.1, -0.05) is 78.4 Å². The number of hydrogen-bond acceptors (Lipinski definition) is 1. The number of benzene rings is 3. The number of nitrogens with one attached hydrogen (secondary N) is 1. The van der Waals surface area contributed by atoms with Crippen molar-refractivity contribution in [3.05, 3.63) is 130 Å². The highest BCUT2D eigenvalue weighted by Gasteiger charge is 2.10. The van der Waals surface area contributed by atoms with Crippen LogP contribution < -0.4 is 5.32 Å². The number of para-hydroxylation sites is 1. The molecule has 0 saturated heterocycles. The molecular formula is C29H29N. The van der Waals surface area contributed by atoms with Crippen molar-refractivity contribution in [2.45, 2.75) is 33.6 Å². The van der Waals surface area contributed by atoms with E-state index in [0.717, 1.165) is 18.5 Å². The molecule has 150 valence electrons. The first-order chi connectivity index (χ1) is 14.6. The first kappa shape index (κ1) is 20.0. The van der Waals surface area contributed by atoms with Crippen LogP contribution in [0.3, 0.4) is 0 Å². The molecule has 1 nitrogen and oxygen atoms in total. The minimum absolute atomic E-state index is 1.02. The standard InChI is InChI=1S/C29H29N/c1-21-9-14-25(15-10-21)29(26-16-11-22(2)23(3)19-26)20-24-12-17-28(18-13-24)30-27-7-5-4-6-8-27/h4-12,14-17,19-20,30H,13,18H2,1-3H3. The summed E-state index contributed by atoms with van der Waals surface area (Å²) >= 11 is 0. The lowest BCUT2D eigenvalue weighted by Crippen LogP contribution is -2.03.